The molecule has 1 aromatic heterocycles. The normalized spacial score (nSPS) is 14.9. The van der Waals surface area contributed by atoms with Crippen LogP contribution in [-0.4, -0.2) is 34.6 Å². The van der Waals surface area contributed by atoms with E-state index in [9.17, 15) is 4.79 Å². The molecule has 0 bridgehead atoms. The lowest BCUT2D eigenvalue weighted by Gasteiger charge is -2.26. The second-order valence-corrected chi connectivity index (χ2v) is 8.66. The van der Waals surface area contributed by atoms with Crippen molar-refractivity contribution < 1.29 is 4.79 Å². The van der Waals surface area contributed by atoms with Gasteiger partial charge in [0.05, 0.1) is 5.69 Å². The van der Waals surface area contributed by atoms with E-state index in [4.69, 9.17) is 0 Å². The molecule has 2 heterocycles. The van der Waals surface area contributed by atoms with Crippen LogP contribution >= 0.6 is 39.0 Å². The Hall–Kier alpha value is -0.850. The fraction of sp³-hybridized carbons (Fsp3) is 0.412. The van der Waals surface area contributed by atoms with Crippen LogP contribution in [0.1, 0.15) is 25.7 Å². The molecule has 0 aliphatic carbocycles. The number of likely N-dealkylation sites (tertiary alicyclic amines) is 1. The first-order chi connectivity index (χ1) is 11.2. The molecule has 1 fully saturated rings. The third kappa shape index (κ3) is 4.81. The molecular weight excluding hydrogens is 392 g/mol. The number of carbonyl (C=O) groups excluding carboxylic acids is 1. The van der Waals surface area contributed by atoms with Gasteiger partial charge in [0.15, 0.2) is 4.34 Å². The number of thiazole rings is 1. The van der Waals surface area contributed by atoms with Crippen molar-refractivity contribution >= 4 is 44.9 Å². The molecule has 1 aliphatic rings. The Morgan fingerprint density at radius 2 is 1.96 bits per heavy atom. The van der Waals surface area contributed by atoms with Crippen LogP contribution < -0.4 is 0 Å². The van der Waals surface area contributed by atoms with Crippen LogP contribution in [-0.2, 0) is 4.79 Å². The van der Waals surface area contributed by atoms with Crippen LogP contribution in [0.3, 0.4) is 0 Å². The SMILES string of the molecule is O=C(CCSc1nc(-c2ccc(Br)cc2)cs1)N1CCCCC1. The minimum Gasteiger partial charge on any atom is -0.343 e. The van der Waals surface area contributed by atoms with Gasteiger partial charge < -0.3 is 4.90 Å². The minimum atomic E-state index is 0.293. The van der Waals surface area contributed by atoms with Crippen LogP contribution in [0.15, 0.2) is 38.5 Å². The van der Waals surface area contributed by atoms with Gasteiger partial charge in [-0.05, 0) is 31.4 Å². The van der Waals surface area contributed by atoms with Gasteiger partial charge in [-0.15, -0.1) is 11.3 Å². The summed E-state index contributed by atoms with van der Waals surface area (Å²) in [7, 11) is 0. The van der Waals surface area contributed by atoms with E-state index in [0.29, 0.717) is 12.3 Å². The zero-order valence-corrected chi connectivity index (χ0v) is 16.1. The van der Waals surface area contributed by atoms with E-state index >= 15 is 0 Å². The van der Waals surface area contributed by atoms with Crippen molar-refractivity contribution in [2.75, 3.05) is 18.8 Å². The number of halogens is 1. The topological polar surface area (TPSA) is 33.2 Å². The second kappa shape index (κ2) is 8.31. The van der Waals surface area contributed by atoms with Gasteiger partial charge in [0.25, 0.3) is 0 Å². The lowest BCUT2D eigenvalue weighted by molar-refractivity contribution is -0.131. The summed E-state index contributed by atoms with van der Waals surface area (Å²) in [5, 5.41) is 2.08. The van der Waals surface area contributed by atoms with Crippen LogP contribution in [0.25, 0.3) is 11.3 Å². The highest BCUT2D eigenvalue weighted by Gasteiger charge is 2.16. The molecule has 2 aromatic rings. The van der Waals surface area contributed by atoms with Crippen molar-refractivity contribution in [1.82, 2.24) is 9.88 Å². The molecular formula is C17H19BrN2OS2. The van der Waals surface area contributed by atoms with Gasteiger partial charge in [0.2, 0.25) is 5.91 Å². The predicted octanol–water partition coefficient (Wildman–Crippen LogP) is 5.07. The summed E-state index contributed by atoms with van der Waals surface area (Å²) in [6, 6.07) is 8.18. The van der Waals surface area contributed by atoms with Gasteiger partial charge in [-0.2, -0.15) is 0 Å². The van der Waals surface area contributed by atoms with Crippen LogP contribution in [0.5, 0.6) is 0 Å². The van der Waals surface area contributed by atoms with Crippen LogP contribution in [0.2, 0.25) is 0 Å². The molecule has 6 heteroatoms. The number of carbonyl (C=O) groups is 1. The Bertz CT molecular complexity index is 651. The summed E-state index contributed by atoms with van der Waals surface area (Å²) in [6.45, 7) is 1.88. The average molecular weight is 411 g/mol. The number of rotatable bonds is 5. The molecule has 0 N–H and O–H groups in total. The van der Waals surface area contributed by atoms with Gasteiger partial charge in [0, 0.05) is 40.7 Å². The first-order valence-corrected chi connectivity index (χ1v) is 10.5. The van der Waals surface area contributed by atoms with E-state index in [-0.39, 0.29) is 0 Å². The van der Waals surface area contributed by atoms with E-state index < -0.39 is 0 Å². The number of benzene rings is 1. The quantitative estimate of drug-likeness (QED) is 0.645. The molecule has 1 saturated heterocycles. The van der Waals surface area contributed by atoms with E-state index in [0.717, 1.165) is 51.8 Å². The summed E-state index contributed by atoms with van der Waals surface area (Å²) in [5.41, 5.74) is 2.13. The third-order valence-corrected chi connectivity index (χ3v) is 6.42. The maximum Gasteiger partial charge on any atom is 0.223 e. The van der Waals surface area contributed by atoms with Gasteiger partial charge in [0.1, 0.15) is 0 Å². The Labute approximate surface area is 153 Å². The molecule has 0 saturated carbocycles. The zero-order valence-electron chi connectivity index (χ0n) is 12.8. The zero-order chi connectivity index (χ0) is 16.1. The molecule has 1 aromatic carbocycles. The van der Waals surface area contributed by atoms with Crippen molar-refractivity contribution in [2.45, 2.75) is 30.0 Å². The largest absolute Gasteiger partial charge is 0.343 e. The molecule has 3 nitrogen and oxygen atoms in total. The predicted molar refractivity (Wildman–Crippen MR) is 101 cm³/mol. The summed E-state index contributed by atoms with van der Waals surface area (Å²) < 4.78 is 2.11. The number of amides is 1. The van der Waals surface area contributed by atoms with E-state index in [1.165, 1.54) is 6.42 Å². The van der Waals surface area contributed by atoms with Gasteiger partial charge in [-0.3, -0.25) is 4.79 Å². The van der Waals surface area contributed by atoms with Gasteiger partial charge in [-0.25, -0.2) is 4.98 Å². The number of piperidine rings is 1. The van der Waals surface area contributed by atoms with E-state index in [2.05, 4.69) is 38.4 Å². The number of hydrogen-bond acceptors (Lipinski definition) is 4. The van der Waals surface area contributed by atoms with Crippen molar-refractivity contribution in [3.8, 4) is 11.3 Å². The summed E-state index contributed by atoms with van der Waals surface area (Å²) in [6.07, 6.45) is 4.18. The molecule has 3 rings (SSSR count). The highest BCUT2D eigenvalue weighted by atomic mass is 79.9. The first kappa shape index (κ1) is 17.0. The molecule has 1 aliphatic heterocycles. The summed E-state index contributed by atoms with van der Waals surface area (Å²) in [4.78, 5) is 18.8. The number of hydrogen-bond donors (Lipinski definition) is 0. The number of nitrogens with zero attached hydrogens (tertiary/aromatic N) is 2. The Kier molecular flexibility index (Phi) is 6.14. The second-order valence-electron chi connectivity index (χ2n) is 5.55. The van der Waals surface area contributed by atoms with Crippen LogP contribution in [0, 0.1) is 0 Å². The fourth-order valence-electron chi connectivity index (χ4n) is 2.60. The monoisotopic (exact) mass is 410 g/mol. The smallest absolute Gasteiger partial charge is 0.223 e. The number of aromatic nitrogens is 1. The van der Waals surface area contributed by atoms with Crippen LogP contribution in [0.4, 0.5) is 0 Å². The first-order valence-electron chi connectivity index (χ1n) is 7.84. The maximum atomic E-state index is 12.1. The van der Waals surface area contributed by atoms with Gasteiger partial charge in [-0.1, -0.05) is 39.8 Å². The van der Waals surface area contributed by atoms with Crippen molar-refractivity contribution in [2.24, 2.45) is 0 Å². The third-order valence-electron chi connectivity index (χ3n) is 3.87. The average Bonchev–Trinajstić information content (AvgIpc) is 3.05. The highest BCUT2D eigenvalue weighted by Crippen LogP contribution is 2.29. The van der Waals surface area contributed by atoms with Crippen molar-refractivity contribution in [1.29, 1.82) is 0 Å². The maximum absolute atomic E-state index is 12.1. The van der Waals surface area contributed by atoms with Crippen molar-refractivity contribution in [3.05, 3.63) is 34.1 Å². The molecule has 0 atom stereocenters. The lowest BCUT2D eigenvalue weighted by Crippen LogP contribution is -2.35. The molecule has 1 amide bonds. The van der Waals surface area contributed by atoms with Gasteiger partial charge >= 0.3 is 0 Å². The standard InChI is InChI=1S/C17H19BrN2OS2/c18-14-6-4-13(5-7-14)15-12-23-17(19-15)22-11-8-16(21)20-9-2-1-3-10-20/h4-7,12H,1-3,8-11H2. The van der Waals surface area contributed by atoms with Crippen molar-refractivity contribution in [3.63, 3.8) is 0 Å². The molecule has 0 unspecified atom stereocenters. The molecule has 122 valence electrons. The Balaban J connectivity index is 1.49. The lowest BCUT2D eigenvalue weighted by atomic mass is 10.1. The fourth-order valence-corrected chi connectivity index (χ4v) is 4.70. The Morgan fingerprint density at radius 1 is 1.22 bits per heavy atom. The minimum absolute atomic E-state index is 0.293. The van der Waals surface area contributed by atoms with E-state index in [1.54, 1.807) is 23.1 Å². The molecule has 23 heavy (non-hydrogen) atoms. The van der Waals surface area contributed by atoms with E-state index in [1.807, 2.05) is 17.0 Å². The Morgan fingerprint density at radius 3 is 2.70 bits per heavy atom. The number of thioether (sulfide) groups is 1. The molecule has 0 radical (unpaired) electrons. The highest BCUT2D eigenvalue weighted by molar-refractivity contribution is 9.10. The summed E-state index contributed by atoms with van der Waals surface area (Å²) in [5.74, 6) is 1.10. The molecule has 0 spiro atoms. The summed E-state index contributed by atoms with van der Waals surface area (Å²) >= 11 is 6.78.